The highest BCUT2D eigenvalue weighted by atomic mass is 32.2. The molecule has 0 fully saturated rings. The lowest BCUT2D eigenvalue weighted by Gasteiger charge is -2.22. The van der Waals surface area contributed by atoms with Gasteiger partial charge in [-0.15, -0.1) is 0 Å². The number of carboxylic acid groups (broad SMARTS) is 1. The lowest BCUT2D eigenvalue weighted by Crippen LogP contribution is -2.43. The summed E-state index contributed by atoms with van der Waals surface area (Å²) < 4.78 is 42.8. The number of hydrogen-bond acceptors (Lipinski definition) is 5. The van der Waals surface area contributed by atoms with Crippen molar-refractivity contribution in [2.24, 2.45) is 0 Å². The van der Waals surface area contributed by atoms with Crippen molar-refractivity contribution in [3.63, 3.8) is 0 Å². The fraction of sp³-hybridized carbons (Fsp3) is 0.300. The number of fused-ring (bicyclic) bond motifs is 1. The number of aliphatic carboxylic acids is 1. The van der Waals surface area contributed by atoms with E-state index in [-0.39, 0.29) is 13.0 Å². The highest BCUT2D eigenvalue weighted by molar-refractivity contribution is 7.92. The van der Waals surface area contributed by atoms with Crippen LogP contribution < -0.4 is 4.74 Å². The summed E-state index contributed by atoms with van der Waals surface area (Å²) in [6, 6.07) is 9.85. The Kier molecular flexibility index (Phi) is 5.36. The van der Waals surface area contributed by atoms with Crippen LogP contribution in [-0.2, 0) is 21.2 Å². The van der Waals surface area contributed by atoms with Gasteiger partial charge in [0.25, 0.3) is 0 Å². The Bertz CT molecular complexity index is 1190. The number of nitrogens with zero attached hydrogens (tertiary/aromatic N) is 2. The van der Waals surface area contributed by atoms with E-state index in [0.717, 1.165) is 11.6 Å². The molecule has 0 radical (unpaired) electrons. The molecule has 1 N–H and O–H groups in total. The minimum atomic E-state index is -3.81. The van der Waals surface area contributed by atoms with Crippen molar-refractivity contribution in [3.8, 4) is 16.9 Å². The zero-order valence-corrected chi connectivity index (χ0v) is 17.0. The Labute approximate surface area is 167 Å². The molecule has 0 aliphatic carbocycles. The van der Waals surface area contributed by atoms with Gasteiger partial charge in [0, 0.05) is 36.0 Å². The zero-order valence-electron chi connectivity index (χ0n) is 16.2. The normalized spacial score (nSPS) is 13.9. The number of carboxylic acids is 1. The van der Waals surface area contributed by atoms with E-state index in [0.29, 0.717) is 22.4 Å². The fourth-order valence-electron chi connectivity index (χ4n) is 2.99. The summed E-state index contributed by atoms with van der Waals surface area (Å²) in [6.45, 7) is 1.30. The van der Waals surface area contributed by atoms with E-state index in [1.165, 1.54) is 24.8 Å². The Balaban J connectivity index is 1.89. The highest BCUT2D eigenvalue weighted by Crippen LogP contribution is 2.29. The largest absolute Gasteiger partial charge is 0.497 e. The summed E-state index contributed by atoms with van der Waals surface area (Å²) in [6.07, 6.45) is 2.47. The van der Waals surface area contributed by atoms with Crippen LogP contribution in [-0.4, -0.2) is 47.4 Å². The summed E-state index contributed by atoms with van der Waals surface area (Å²) in [4.78, 5) is 11.5. The predicted octanol–water partition coefficient (Wildman–Crippen LogP) is 3.13. The Morgan fingerprint density at radius 1 is 1.28 bits per heavy atom. The van der Waals surface area contributed by atoms with E-state index in [4.69, 9.17) is 4.74 Å². The summed E-state index contributed by atoms with van der Waals surface area (Å²) in [7, 11) is -2.34. The molecule has 3 aromatic rings. The standard InChI is InChI=1S/C20H21FN2O5S/c1-20(19(24)25,29(3,26)27)8-9-23-12-14-10-13(4-7-18(14)22-23)16-6-5-15(28-2)11-17(16)21/h4-7,10-12H,8-9H2,1-3H3,(H,24,25). The maximum Gasteiger partial charge on any atom is 0.324 e. The van der Waals surface area contributed by atoms with Crippen molar-refractivity contribution in [3.05, 3.63) is 48.4 Å². The summed E-state index contributed by atoms with van der Waals surface area (Å²) in [5, 5.41) is 14.4. The number of hydrogen-bond donors (Lipinski definition) is 1. The van der Waals surface area contributed by atoms with Crippen LogP contribution in [0.15, 0.2) is 42.6 Å². The predicted molar refractivity (Wildman–Crippen MR) is 107 cm³/mol. The van der Waals surface area contributed by atoms with Crippen LogP contribution in [0.1, 0.15) is 13.3 Å². The molecule has 0 saturated carbocycles. The van der Waals surface area contributed by atoms with Gasteiger partial charge in [0.05, 0.1) is 12.6 Å². The minimum absolute atomic E-state index is 0.108. The number of carbonyl (C=O) groups is 1. The molecule has 9 heteroatoms. The first-order chi connectivity index (χ1) is 13.5. The number of sulfone groups is 1. The molecule has 0 amide bonds. The first kappa shape index (κ1) is 20.8. The Hall–Kier alpha value is -2.94. The fourth-order valence-corrected chi connectivity index (χ4v) is 3.77. The molecule has 1 unspecified atom stereocenters. The van der Waals surface area contributed by atoms with E-state index < -0.39 is 26.4 Å². The second-order valence-corrected chi connectivity index (χ2v) is 9.52. The number of benzene rings is 2. The van der Waals surface area contributed by atoms with Gasteiger partial charge in [0.2, 0.25) is 0 Å². The molecule has 29 heavy (non-hydrogen) atoms. The van der Waals surface area contributed by atoms with Gasteiger partial charge in [-0.2, -0.15) is 5.10 Å². The molecular formula is C20H21FN2O5S. The lowest BCUT2D eigenvalue weighted by molar-refractivity contribution is -0.139. The smallest absolute Gasteiger partial charge is 0.324 e. The molecule has 1 heterocycles. The third-order valence-corrected chi connectivity index (χ3v) is 7.14. The molecule has 3 rings (SSSR count). The van der Waals surface area contributed by atoms with Gasteiger partial charge in [-0.1, -0.05) is 6.07 Å². The highest BCUT2D eigenvalue weighted by Gasteiger charge is 2.43. The molecule has 0 aliphatic heterocycles. The third kappa shape index (κ3) is 3.95. The molecule has 0 bridgehead atoms. The molecule has 0 saturated heterocycles. The Morgan fingerprint density at radius 2 is 2.00 bits per heavy atom. The van der Waals surface area contributed by atoms with E-state index in [9.17, 15) is 22.7 Å². The number of halogens is 1. The molecule has 1 aromatic heterocycles. The van der Waals surface area contributed by atoms with Gasteiger partial charge in [0.1, 0.15) is 11.6 Å². The topological polar surface area (TPSA) is 98.5 Å². The first-order valence-electron chi connectivity index (χ1n) is 8.79. The van der Waals surface area contributed by atoms with Crippen LogP contribution in [0.25, 0.3) is 22.0 Å². The monoisotopic (exact) mass is 420 g/mol. The van der Waals surface area contributed by atoms with Gasteiger partial charge < -0.3 is 9.84 Å². The van der Waals surface area contributed by atoms with Crippen LogP contribution in [0.4, 0.5) is 4.39 Å². The molecule has 7 nitrogen and oxygen atoms in total. The number of aromatic nitrogens is 2. The molecule has 0 aliphatic rings. The van der Waals surface area contributed by atoms with Gasteiger partial charge in [-0.25, -0.2) is 12.8 Å². The van der Waals surface area contributed by atoms with Gasteiger partial charge >= 0.3 is 5.97 Å². The summed E-state index contributed by atoms with van der Waals surface area (Å²) >= 11 is 0. The average Bonchev–Trinajstić information content (AvgIpc) is 3.06. The maximum atomic E-state index is 14.4. The van der Waals surface area contributed by atoms with Crippen molar-refractivity contribution in [2.45, 2.75) is 24.6 Å². The zero-order chi connectivity index (χ0) is 21.4. The Morgan fingerprint density at radius 3 is 2.59 bits per heavy atom. The molecular weight excluding hydrogens is 399 g/mol. The van der Waals surface area contributed by atoms with Crippen LogP contribution in [0.2, 0.25) is 0 Å². The van der Waals surface area contributed by atoms with Crippen molar-refractivity contribution < 1.29 is 27.4 Å². The van der Waals surface area contributed by atoms with Gasteiger partial charge in [0.15, 0.2) is 14.6 Å². The number of rotatable bonds is 7. The maximum absolute atomic E-state index is 14.4. The molecule has 154 valence electrons. The van der Waals surface area contributed by atoms with E-state index in [2.05, 4.69) is 5.10 Å². The van der Waals surface area contributed by atoms with Gasteiger partial charge in [-0.05, 0) is 43.2 Å². The molecule has 1 atom stereocenters. The minimum Gasteiger partial charge on any atom is -0.497 e. The van der Waals surface area contributed by atoms with Crippen LogP contribution >= 0.6 is 0 Å². The van der Waals surface area contributed by atoms with Crippen LogP contribution in [0, 0.1) is 5.82 Å². The van der Waals surface area contributed by atoms with E-state index in [1.54, 1.807) is 36.5 Å². The second-order valence-electron chi connectivity index (χ2n) is 7.07. The second kappa shape index (κ2) is 7.47. The van der Waals surface area contributed by atoms with Crippen LogP contribution in [0.3, 0.4) is 0 Å². The summed E-state index contributed by atoms with van der Waals surface area (Å²) in [5.41, 5.74) is 1.71. The molecule has 0 spiro atoms. The van der Waals surface area contributed by atoms with Crippen molar-refractivity contribution in [1.29, 1.82) is 0 Å². The molecule has 2 aromatic carbocycles. The number of methoxy groups -OCH3 is 1. The number of ether oxygens (including phenoxy) is 1. The average molecular weight is 420 g/mol. The third-order valence-electron chi connectivity index (χ3n) is 5.13. The van der Waals surface area contributed by atoms with Crippen molar-refractivity contribution in [2.75, 3.05) is 13.4 Å². The lowest BCUT2D eigenvalue weighted by atomic mass is 10.0. The van der Waals surface area contributed by atoms with Crippen LogP contribution in [0.5, 0.6) is 5.75 Å². The van der Waals surface area contributed by atoms with E-state index >= 15 is 0 Å². The van der Waals surface area contributed by atoms with E-state index in [1.807, 2.05) is 0 Å². The first-order valence-corrected chi connectivity index (χ1v) is 10.7. The van der Waals surface area contributed by atoms with Crippen molar-refractivity contribution >= 4 is 26.7 Å². The SMILES string of the molecule is COc1ccc(-c2ccc3nn(CCC(C)(C(=O)O)S(C)(=O)=O)cc3c2)c(F)c1. The number of aryl methyl sites for hydroxylation is 1. The van der Waals surface area contributed by atoms with Crippen molar-refractivity contribution in [1.82, 2.24) is 9.78 Å². The van der Waals surface area contributed by atoms with Gasteiger partial charge in [-0.3, -0.25) is 9.48 Å². The summed E-state index contributed by atoms with van der Waals surface area (Å²) in [5.74, 6) is -1.39. The quantitative estimate of drug-likeness (QED) is 0.631.